The van der Waals surface area contributed by atoms with Crippen molar-refractivity contribution in [3.8, 4) is 0 Å². The molecule has 0 saturated carbocycles. The highest BCUT2D eigenvalue weighted by atomic mass is 19.1. The van der Waals surface area contributed by atoms with E-state index in [0.717, 1.165) is 6.07 Å². The SMILES string of the molecule is NCCC(=O)Nc1cc(C(=O)O)c(F)cc1F. The zero-order valence-corrected chi connectivity index (χ0v) is 8.67. The van der Waals surface area contributed by atoms with Crippen molar-refractivity contribution < 1.29 is 23.5 Å². The molecule has 5 nitrogen and oxygen atoms in total. The highest BCUT2D eigenvalue weighted by Gasteiger charge is 2.16. The van der Waals surface area contributed by atoms with Crippen LogP contribution in [0.5, 0.6) is 0 Å². The second-order valence-corrected chi connectivity index (χ2v) is 3.20. The van der Waals surface area contributed by atoms with Crippen molar-refractivity contribution in [1.82, 2.24) is 0 Å². The van der Waals surface area contributed by atoms with Crippen LogP contribution >= 0.6 is 0 Å². The quantitative estimate of drug-likeness (QED) is 0.735. The summed E-state index contributed by atoms with van der Waals surface area (Å²) in [6.07, 6.45) is -0.0424. The van der Waals surface area contributed by atoms with Crippen LogP contribution in [0.15, 0.2) is 12.1 Å². The van der Waals surface area contributed by atoms with Gasteiger partial charge in [-0.1, -0.05) is 0 Å². The molecule has 92 valence electrons. The maximum absolute atomic E-state index is 13.2. The van der Waals surface area contributed by atoms with Gasteiger partial charge in [-0.2, -0.15) is 0 Å². The van der Waals surface area contributed by atoms with Gasteiger partial charge in [-0.05, 0) is 6.07 Å². The molecule has 7 heteroatoms. The third-order valence-electron chi connectivity index (χ3n) is 1.93. The molecular weight excluding hydrogens is 234 g/mol. The Morgan fingerprint density at radius 2 is 1.94 bits per heavy atom. The zero-order chi connectivity index (χ0) is 13.0. The van der Waals surface area contributed by atoms with E-state index in [1.807, 2.05) is 0 Å². The lowest BCUT2D eigenvalue weighted by molar-refractivity contribution is -0.116. The van der Waals surface area contributed by atoms with Gasteiger partial charge in [0.1, 0.15) is 11.6 Å². The number of halogens is 2. The molecule has 1 rings (SSSR count). The normalized spacial score (nSPS) is 10.1. The Morgan fingerprint density at radius 1 is 1.29 bits per heavy atom. The minimum Gasteiger partial charge on any atom is -0.478 e. The predicted molar refractivity (Wildman–Crippen MR) is 55.6 cm³/mol. The summed E-state index contributed by atoms with van der Waals surface area (Å²) < 4.78 is 26.2. The monoisotopic (exact) mass is 244 g/mol. The Balaban J connectivity index is 3.03. The van der Waals surface area contributed by atoms with E-state index in [0.29, 0.717) is 6.07 Å². The first-order chi connectivity index (χ1) is 7.95. The van der Waals surface area contributed by atoms with Gasteiger partial charge in [0.05, 0.1) is 11.3 Å². The van der Waals surface area contributed by atoms with E-state index in [-0.39, 0.29) is 18.7 Å². The number of carbonyl (C=O) groups is 2. The molecule has 0 radical (unpaired) electrons. The summed E-state index contributed by atoms with van der Waals surface area (Å²) in [4.78, 5) is 21.7. The van der Waals surface area contributed by atoms with Crippen LogP contribution < -0.4 is 11.1 Å². The summed E-state index contributed by atoms with van der Waals surface area (Å²) in [7, 11) is 0. The van der Waals surface area contributed by atoms with Gasteiger partial charge in [0.2, 0.25) is 5.91 Å². The van der Waals surface area contributed by atoms with Crippen LogP contribution in [0.2, 0.25) is 0 Å². The summed E-state index contributed by atoms with van der Waals surface area (Å²) in [5.41, 5.74) is 4.01. The van der Waals surface area contributed by atoms with Gasteiger partial charge in [0.25, 0.3) is 0 Å². The smallest absolute Gasteiger partial charge is 0.338 e. The third kappa shape index (κ3) is 3.22. The molecule has 17 heavy (non-hydrogen) atoms. The number of nitrogens with two attached hydrogens (primary N) is 1. The number of hydrogen-bond acceptors (Lipinski definition) is 3. The fourth-order valence-corrected chi connectivity index (χ4v) is 1.15. The summed E-state index contributed by atoms with van der Waals surface area (Å²) in [6, 6.07) is 1.13. The number of aromatic carboxylic acids is 1. The van der Waals surface area contributed by atoms with Gasteiger partial charge in [0.15, 0.2) is 0 Å². The summed E-state index contributed by atoms with van der Waals surface area (Å²) in [6.45, 7) is 0.0699. The number of nitrogens with one attached hydrogen (secondary N) is 1. The van der Waals surface area contributed by atoms with Crippen LogP contribution in [-0.2, 0) is 4.79 Å². The summed E-state index contributed by atoms with van der Waals surface area (Å²) in [5, 5.41) is 10.7. The molecule has 0 bridgehead atoms. The lowest BCUT2D eigenvalue weighted by Gasteiger charge is -2.07. The van der Waals surface area contributed by atoms with Crippen molar-refractivity contribution in [3.63, 3.8) is 0 Å². The fraction of sp³-hybridized carbons (Fsp3) is 0.200. The molecule has 0 aliphatic heterocycles. The number of rotatable bonds is 4. The predicted octanol–water partition coefficient (Wildman–Crippen LogP) is 0.950. The van der Waals surface area contributed by atoms with Crippen LogP contribution in [0, 0.1) is 11.6 Å². The standard InChI is InChI=1S/C10H10F2N2O3/c11-6-4-7(12)8(3-5(6)10(16)17)14-9(15)1-2-13/h3-4H,1-2,13H2,(H,14,15)(H,16,17). The van der Waals surface area contributed by atoms with Crippen LogP contribution in [0.3, 0.4) is 0 Å². The van der Waals surface area contributed by atoms with Gasteiger partial charge in [0, 0.05) is 19.0 Å². The molecule has 0 unspecified atom stereocenters. The fourth-order valence-electron chi connectivity index (χ4n) is 1.15. The maximum Gasteiger partial charge on any atom is 0.338 e. The zero-order valence-electron chi connectivity index (χ0n) is 8.67. The number of carbonyl (C=O) groups excluding carboxylic acids is 1. The minimum absolute atomic E-state index is 0.0424. The molecule has 0 aliphatic rings. The van der Waals surface area contributed by atoms with Gasteiger partial charge in [-0.15, -0.1) is 0 Å². The van der Waals surface area contributed by atoms with E-state index in [2.05, 4.69) is 5.32 Å². The van der Waals surface area contributed by atoms with E-state index >= 15 is 0 Å². The van der Waals surface area contributed by atoms with Crippen molar-refractivity contribution in [3.05, 3.63) is 29.3 Å². The molecule has 0 heterocycles. The van der Waals surface area contributed by atoms with E-state index in [9.17, 15) is 18.4 Å². The molecule has 1 aromatic carbocycles. The van der Waals surface area contributed by atoms with Gasteiger partial charge in [-0.25, -0.2) is 13.6 Å². The number of carboxylic acid groups (broad SMARTS) is 1. The van der Waals surface area contributed by atoms with Crippen LogP contribution in [0.4, 0.5) is 14.5 Å². The Labute approximate surface area is 95.2 Å². The van der Waals surface area contributed by atoms with Crippen LogP contribution in [0.1, 0.15) is 16.8 Å². The Bertz CT molecular complexity index is 463. The molecule has 1 aromatic rings. The first-order valence-corrected chi connectivity index (χ1v) is 4.68. The maximum atomic E-state index is 13.2. The first-order valence-electron chi connectivity index (χ1n) is 4.68. The molecule has 0 aliphatic carbocycles. The van der Waals surface area contributed by atoms with Crippen molar-refractivity contribution in [2.24, 2.45) is 5.73 Å². The average Bonchev–Trinajstić information content (AvgIpc) is 2.21. The Hall–Kier alpha value is -2.02. The molecule has 0 saturated heterocycles. The molecule has 0 atom stereocenters. The topological polar surface area (TPSA) is 92.4 Å². The number of amides is 1. The highest BCUT2D eigenvalue weighted by molar-refractivity contribution is 5.94. The Kier molecular flexibility index (Phi) is 4.11. The molecule has 1 amide bonds. The van der Waals surface area contributed by atoms with Crippen LogP contribution in [-0.4, -0.2) is 23.5 Å². The van der Waals surface area contributed by atoms with E-state index in [1.165, 1.54) is 0 Å². The molecule has 0 fully saturated rings. The van der Waals surface area contributed by atoms with E-state index in [1.54, 1.807) is 0 Å². The minimum atomic E-state index is -1.54. The number of hydrogen-bond donors (Lipinski definition) is 3. The van der Waals surface area contributed by atoms with Crippen molar-refractivity contribution in [1.29, 1.82) is 0 Å². The highest BCUT2D eigenvalue weighted by Crippen LogP contribution is 2.19. The van der Waals surface area contributed by atoms with Crippen molar-refractivity contribution in [2.75, 3.05) is 11.9 Å². The van der Waals surface area contributed by atoms with Gasteiger partial charge >= 0.3 is 5.97 Å². The second-order valence-electron chi connectivity index (χ2n) is 3.20. The third-order valence-corrected chi connectivity index (χ3v) is 1.93. The van der Waals surface area contributed by atoms with Gasteiger partial charge < -0.3 is 16.2 Å². The van der Waals surface area contributed by atoms with Crippen molar-refractivity contribution >= 4 is 17.6 Å². The largest absolute Gasteiger partial charge is 0.478 e. The second kappa shape index (κ2) is 5.35. The van der Waals surface area contributed by atoms with Gasteiger partial charge in [-0.3, -0.25) is 4.79 Å². The lowest BCUT2D eigenvalue weighted by Crippen LogP contribution is -2.17. The van der Waals surface area contributed by atoms with E-state index < -0.39 is 29.1 Å². The number of benzene rings is 1. The molecule has 0 spiro atoms. The summed E-state index contributed by atoms with van der Waals surface area (Å²) >= 11 is 0. The first kappa shape index (κ1) is 13.0. The summed E-state index contributed by atoms with van der Waals surface area (Å²) in [5.74, 6) is -4.36. The average molecular weight is 244 g/mol. The Morgan fingerprint density at radius 3 is 2.47 bits per heavy atom. The number of carboxylic acids is 1. The van der Waals surface area contributed by atoms with E-state index in [4.69, 9.17) is 10.8 Å². The van der Waals surface area contributed by atoms with Crippen molar-refractivity contribution in [2.45, 2.75) is 6.42 Å². The molecule has 0 aromatic heterocycles. The number of anilines is 1. The van der Waals surface area contributed by atoms with Crippen LogP contribution in [0.25, 0.3) is 0 Å². The lowest BCUT2D eigenvalue weighted by atomic mass is 10.1. The molecular formula is C10H10F2N2O3. The molecule has 4 N–H and O–H groups in total.